The van der Waals surface area contributed by atoms with Crippen molar-refractivity contribution in [3.63, 3.8) is 0 Å². The number of nitrogens with one attached hydrogen (secondary N) is 1. The number of H-pyrrole nitrogens is 1. The first-order valence-corrected chi connectivity index (χ1v) is 8.25. The maximum absolute atomic E-state index is 12.9. The van der Waals surface area contributed by atoms with Crippen LogP contribution in [0.15, 0.2) is 18.3 Å². The normalized spacial score (nSPS) is 18.0. The number of rotatable bonds is 5. The summed E-state index contributed by atoms with van der Waals surface area (Å²) in [6.07, 6.45) is 3.51. The molecular formula is C16H22N6O2. The summed E-state index contributed by atoms with van der Waals surface area (Å²) in [5, 5.41) is 14.2. The molecule has 1 fully saturated rings. The number of likely N-dealkylation sites (tertiary alicyclic amines) is 1. The molecule has 128 valence electrons. The highest BCUT2D eigenvalue weighted by atomic mass is 16.5. The molecule has 0 bridgehead atoms. The Morgan fingerprint density at radius 1 is 1.50 bits per heavy atom. The largest absolute Gasteiger partial charge is 0.477 e. The van der Waals surface area contributed by atoms with Gasteiger partial charge in [0.25, 0.3) is 5.91 Å². The number of pyridine rings is 1. The minimum absolute atomic E-state index is 0.0601. The van der Waals surface area contributed by atoms with Gasteiger partial charge in [-0.15, -0.1) is 10.2 Å². The van der Waals surface area contributed by atoms with Crippen LogP contribution in [-0.4, -0.2) is 56.1 Å². The number of piperidine rings is 1. The molecule has 1 N–H and O–H groups in total. The molecule has 2 aromatic rings. The van der Waals surface area contributed by atoms with Gasteiger partial charge in [0.05, 0.1) is 6.61 Å². The molecule has 0 spiro atoms. The Bertz CT molecular complexity index is 673. The molecule has 0 radical (unpaired) electrons. The van der Waals surface area contributed by atoms with Gasteiger partial charge in [-0.25, -0.2) is 4.98 Å². The Balaban J connectivity index is 1.74. The third-order valence-electron chi connectivity index (χ3n) is 3.99. The Morgan fingerprint density at radius 2 is 2.38 bits per heavy atom. The van der Waals surface area contributed by atoms with Crippen LogP contribution in [0.4, 0.5) is 0 Å². The molecule has 1 atom stereocenters. The van der Waals surface area contributed by atoms with Crippen LogP contribution in [0.5, 0.6) is 5.88 Å². The molecule has 2 aromatic heterocycles. The van der Waals surface area contributed by atoms with Gasteiger partial charge in [-0.1, -0.05) is 19.1 Å². The van der Waals surface area contributed by atoms with Crippen LogP contribution < -0.4 is 4.74 Å². The van der Waals surface area contributed by atoms with Gasteiger partial charge < -0.3 is 9.64 Å². The molecule has 1 amide bonds. The maximum Gasteiger partial charge on any atom is 0.259 e. The number of carbonyl (C=O) groups is 1. The highest BCUT2D eigenvalue weighted by molar-refractivity contribution is 5.96. The zero-order valence-electron chi connectivity index (χ0n) is 14.0. The first-order valence-electron chi connectivity index (χ1n) is 8.25. The number of carbonyl (C=O) groups excluding carboxylic acids is 1. The second-order valence-corrected chi connectivity index (χ2v) is 6.42. The van der Waals surface area contributed by atoms with E-state index in [0.29, 0.717) is 42.9 Å². The molecule has 1 saturated heterocycles. The number of nitrogens with zero attached hydrogens (tertiary/aromatic N) is 5. The minimum Gasteiger partial charge on any atom is -0.477 e. The summed E-state index contributed by atoms with van der Waals surface area (Å²) in [5.74, 6) is 1.48. The fourth-order valence-corrected chi connectivity index (χ4v) is 2.80. The van der Waals surface area contributed by atoms with E-state index in [2.05, 4.69) is 39.5 Å². The average Bonchev–Trinajstić information content (AvgIpc) is 3.14. The standard InChI is InChI=1S/C16H22N6O2/c1-11(2)10-24-15-13(6-3-7-17-15)16(23)22-8-4-5-12(9-22)14-18-20-21-19-14/h3,6-7,11-12H,4-5,8-10H2,1-2H3,(H,18,19,20,21). The fraction of sp³-hybridized carbons (Fsp3) is 0.562. The number of hydrogen-bond donors (Lipinski definition) is 1. The molecule has 0 aliphatic carbocycles. The van der Waals surface area contributed by atoms with Crippen molar-refractivity contribution in [2.45, 2.75) is 32.6 Å². The average molecular weight is 330 g/mol. The molecular weight excluding hydrogens is 308 g/mol. The maximum atomic E-state index is 12.9. The van der Waals surface area contributed by atoms with E-state index in [9.17, 15) is 4.79 Å². The van der Waals surface area contributed by atoms with Crippen LogP contribution in [-0.2, 0) is 0 Å². The molecule has 1 aliphatic rings. The molecule has 24 heavy (non-hydrogen) atoms. The number of tetrazole rings is 1. The number of amides is 1. The van der Waals surface area contributed by atoms with Crippen LogP contribution in [0.3, 0.4) is 0 Å². The summed E-state index contributed by atoms with van der Waals surface area (Å²) >= 11 is 0. The second-order valence-electron chi connectivity index (χ2n) is 6.42. The number of aromatic nitrogens is 5. The van der Waals surface area contributed by atoms with E-state index in [0.717, 1.165) is 12.8 Å². The highest BCUT2D eigenvalue weighted by Crippen LogP contribution is 2.26. The lowest BCUT2D eigenvalue weighted by Gasteiger charge is -2.31. The number of ether oxygens (including phenoxy) is 1. The highest BCUT2D eigenvalue weighted by Gasteiger charge is 2.29. The van der Waals surface area contributed by atoms with Gasteiger partial charge in [0.15, 0.2) is 5.82 Å². The second kappa shape index (κ2) is 7.37. The van der Waals surface area contributed by atoms with E-state index in [1.165, 1.54) is 0 Å². The van der Waals surface area contributed by atoms with Gasteiger partial charge in [-0.05, 0) is 30.9 Å². The third kappa shape index (κ3) is 3.69. The van der Waals surface area contributed by atoms with Gasteiger partial charge >= 0.3 is 0 Å². The quantitative estimate of drug-likeness (QED) is 0.895. The Kier molecular flexibility index (Phi) is 5.02. The Labute approximate surface area is 140 Å². The fourth-order valence-electron chi connectivity index (χ4n) is 2.80. The predicted octanol–water partition coefficient (Wildman–Crippen LogP) is 1.65. The van der Waals surface area contributed by atoms with Gasteiger partial charge in [0, 0.05) is 25.2 Å². The molecule has 0 aromatic carbocycles. The van der Waals surface area contributed by atoms with Crippen molar-refractivity contribution in [1.82, 2.24) is 30.5 Å². The molecule has 8 nitrogen and oxygen atoms in total. The summed E-state index contributed by atoms with van der Waals surface area (Å²) in [6, 6.07) is 3.53. The van der Waals surface area contributed by atoms with Crippen molar-refractivity contribution >= 4 is 5.91 Å². The van der Waals surface area contributed by atoms with Gasteiger partial charge in [0.2, 0.25) is 5.88 Å². The van der Waals surface area contributed by atoms with Crippen molar-refractivity contribution in [3.8, 4) is 5.88 Å². The summed E-state index contributed by atoms with van der Waals surface area (Å²) in [6.45, 7) is 5.94. The first kappa shape index (κ1) is 16.4. The van der Waals surface area contributed by atoms with Crippen LogP contribution in [0.1, 0.15) is 48.8 Å². The third-order valence-corrected chi connectivity index (χ3v) is 3.99. The van der Waals surface area contributed by atoms with E-state index >= 15 is 0 Å². The van der Waals surface area contributed by atoms with E-state index in [4.69, 9.17) is 4.74 Å². The van der Waals surface area contributed by atoms with Crippen LogP contribution in [0.25, 0.3) is 0 Å². The van der Waals surface area contributed by atoms with Crippen molar-refractivity contribution in [2.75, 3.05) is 19.7 Å². The first-order chi connectivity index (χ1) is 11.6. The minimum atomic E-state index is -0.0601. The van der Waals surface area contributed by atoms with Crippen LogP contribution in [0.2, 0.25) is 0 Å². The topological polar surface area (TPSA) is 96.9 Å². The van der Waals surface area contributed by atoms with Crippen LogP contribution in [0, 0.1) is 5.92 Å². The van der Waals surface area contributed by atoms with Crippen molar-refractivity contribution < 1.29 is 9.53 Å². The summed E-state index contributed by atoms with van der Waals surface area (Å²) in [7, 11) is 0. The monoisotopic (exact) mass is 330 g/mol. The van der Waals surface area contributed by atoms with Crippen molar-refractivity contribution in [2.24, 2.45) is 5.92 Å². The van der Waals surface area contributed by atoms with E-state index < -0.39 is 0 Å². The smallest absolute Gasteiger partial charge is 0.259 e. The van der Waals surface area contributed by atoms with Gasteiger partial charge in [-0.3, -0.25) is 4.79 Å². The zero-order valence-corrected chi connectivity index (χ0v) is 14.0. The van der Waals surface area contributed by atoms with Crippen LogP contribution >= 0.6 is 0 Å². The zero-order chi connectivity index (χ0) is 16.9. The number of aromatic amines is 1. The SMILES string of the molecule is CC(C)COc1ncccc1C(=O)N1CCCC(c2nn[nH]n2)C1. The molecule has 0 saturated carbocycles. The number of hydrogen-bond acceptors (Lipinski definition) is 6. The summed E-state index contributed by atoms with van der Waals surface area (Å²) in [4.78, 5) is 19.0. The molecule has 1 aliphatic heterocycles. The van der Waals surface area contributed by atoms with Crippen molar-refractivity contribution in [1.29, 1.82) is 0 Å². The Morgan fingerprint density at radius 3 is 3.12 bits per heavy atom. The molecule has 3 rings (SSSR count). The molecule has 8 heteroatoms. The van der Waals surface area contributed by atoms with E-state index in [-0.39, 0.29) is 11.8 Å². The lowest BCUT2D eigenvalue weighted by Crippen LogP contribution is -2.39. The van der Waals surface area contributed by atoms with Crippen molar-refractivity contribution in [3.05, 3.63) is 29.7 Å². The Hall–Kier alpha value is -2.51. The van der Waals surface area contributed by atoms with E-state index in [1.54, 1.807) is 18.3 Å². The van der Waals surface area contributed by atoms with E-state index in [1.807, 2.05) is 4.90 Å². The summed E-state index contributed by atoms with van der Waals surface area (Å²) < 4.78 is 5.71. The molecule has 1 unspecified atom stereocenters. The lowest BCUT2D eigenvalue weighted by molar-refractivity contribution is 0.0698. The summed E-state index contributed by atoms with van der Waals surface area (Å²) in [5.41, 5.74) is 0.506. The predicted molar refractivity (Wildman–Crippen MR) is 86.6 cm³/mol. The lowest BCUT2D eigenvalue weighted by atomic mass is 9.97. The molecule has 3 heterocycles. The van der Waals surface area contributed by atoms with Gasteiger partial charge in [-0.2, -0.15) is 5.21 Å². The van der Waals surface area contributed by atoms with Gasteiger partial charge in [0.1, 0.15) is 5.56 Å².